The molecule has 0 bridgehead atoms. The molecule has 10 nitrogen and oxygen atoms in total. The maximum atomic E-state index is 12.3. The summed E-state index contributed by atoms with van der Waals surface area (Å²) in [5.41, 5.74) is -0.521. The molecule has 0 spiro atoms. The van der Waals surface area contributed by atoms with Gasteiger partial charge in [0.2, 0.25) is 5.91 Å². The molecule has 0 saturated carbocycles. The molecular formula is C18H32N6O4. The summed E-state index contributed by atoms with van der Waals surface area (Å²) in [4.78, 5) is 42.8. The number of rotatable bonds is 5. The van der Waals surface area contributed by atoms with E-state index in [0.29, 0.717) is 32.1 Å². The van der Waals surface area contributed by atoms with Gasteiger partial charge >= 0.3 is 12.1 Å². The topological polar surface area (TPSA) is 115 Å². The number of hydrogen-bond acceptors (Lipinski definition) is 5. The van der Waals surface area contributed by atoms with Crippen molar-refractivity contribution < 1.29 is 19.1 Å². The van der Waals surface area contributed by atoms with Crippen LogP contribution in [0.4, 0.5) is 9.59 Å². The van der Waals surface area contributed by atoms with E-state index in [1.165, 1.54) is 0 Å². The standard InChI is InChI=1S/C18H32N6O4/c1-5-19-15(20-8-10-24-14(25)11-21-16(24)26)22-13-7-6-9-23(12-13)17(27)28-18(2,3)4/h13H,5-12H2,1-4H3,(H,21,26)(H2,19,20,22). The third-order valence-electron chi connectivity index (χ3n) is 4.29. The Morgan fingerprint density at radius 1 is 1.36 bits per heavy atom. The number of nitrogens with zero attached hydrogens (tertiary/aromatic N) is 3. The molecule has 1 atom stereocenters. The first-order chi connectivity index (χ1) is 13.2. The number of carbonyl (C=O) groups excluding carboxylic acids is 3. The molecule has 28 heavy (non-hydrogen) atoms. The number of nitrogens with one attached hydrogen (secondary N) is 3. The molecule has 2 aliphatic heterocycles. The molecule has 2 aliphatic rings. The van der Waals surface area contributed by atoms with Gasteiger partial charge in [0.25, 0.3) is 0 Å². The van der Waals surface area contributed by atoms with Crippen molar-refractivity contribution in [3.63, 3.8) is 0 Å². The van der Waals surface area contributed by atoms with E-state index in [1.54, 1.807) is 4.90 Å². The van der Waals surface area contributed by atoms with Crippen molar-refractivity contribution >= 4 is 24.0 Å². The SMILES string of the molecule is CCNC(=NCCN1C(=O)CNC1=O)NC1CCCN(C(=O)OC(C)(C)C)C1. The van der Waals surface area contributed by atoms with Gasteiger partial charge in [-0.3, -0.25) is 14.7 Å². The molecule has 0 radical (unpaired) electrons. The van der Waals surface area contributed by atoms with E-state index in [1.807, 2.05) is 27.7 Å². The first kappa shape index (κ1) is 21.8. The third-order valence-corrected chi connectivity index (χ3v) is 4.29. The Bertz CT molecular complexity index is 600. The number of urea groups is 1. The Morgan fingerprint density at radius 3 is 2.71 bits per heavy atom. The average molecular weight is 396 g/mol. The van der Waals surface area contributed by atoms with Gasteiger partial charge in [-0.25, -0.2) is 9.59 Å². The normalized spacial score (nSPS) is 20.9. The second-order valence-corrected chi connectivity index (χ2v) is 7.87. The predicted octanol–water partition coefficient (Wildman–Crippen LogP) is 0.493. The van der Waals surface area contributed by atoms with E-state index in [9.17, 15) is 14.4 Å². The Kier molecular flexibility index (Phi) is 7.47. The van der Waals surface area contributed by atoms with Gasteiger partial charge in [0, 0.05) is 25.7 Å². The fourth-order valence-corrected chi connectivity index (χ4v) is 3.04. The highest BCUT2D eigenvalue weighted by molar-refractivity contribution is 6.01. The Labute approximate surface area is 166 Å². The van der Waals surface area contributed by atoms with Crippen LogP contribution in [0.1, 0.15) is 40.5 Å². The van der Waals surface area contributed by atoms with Crippen LogP contribution in [-0.4, -0.2) is 84.7 Å². The smallest absolute Gasteiger partial charge is 0.410 e. The first-order valence-corrected chi connectivity index (χ1v) is 9.80. The van der Waals surface area contributed by atoms with E-state index in [-0.39, 0.29) is 37.2 Å². The van der Waals surface area contributed by atoms with E-state index in [0.717, 1.165) is 17.7 Å². The summed E-state index contributed by atoms with van der Waals surface area (Å²) >= 11 is 0. The average Bonchev–Trinajstić information content (AvgIpc) is 2.92. The highest BCUT2D eigenvalue weighted by Gasteiger charge is 2.29. The summed E-state index contributed by atoms with van der Waals surface area (Å²) in [7, 11) is 0. The zero-order valence-electron chi connectivity index (χ0n) is 17.2. The molecule has 2 rings (SSSR count). The summed E-state index contributed by atoms with van der Waals surface area (Å²) in [6.07, 6.45) is 1.48. The molecule has 2 fully saturated rings. The molecule has 4 amide bonds. The lowest BCUT2D eigenvalue weighted by atomic mass is 10.1. The first-order valence-electron chi connectivity index (χ1n) is 9.80. The fraction of sp³-hybridized carbons (Fsp3) is 0.778. The van der Waals surface area contributed by atoms with E-state index in [4.69, 9.17) is 4.74 Å². The highest BCUT2D eigenvalue weighted by Crippen LogP contribution is 2.15. The molecule has 0 aliphatic carbocycles. The third kappa shape index (κ3) is 6.58. The molecular weight excluding hydrogens is 364 g/mol. The minimum atomic E-state index is -0.521. The van der Waals surface area contributed by atoms with Crippen LogP contribution in [0, 0.1) is 0 Å². The van der Waals surface area contributed by atoms with Crippen molar-refractivity contribution in [2.45, 2.75) is 52.2 Å². The summed E-state index contributed by atoms with van der Waals surface area (Å²) in [5.74, 6) is 0.365. The maximum absolute atomic E-state index is 12.3. The number of likely N-dealkylation sites (tertiary alicyclic amines) is 1. The van der Waals surface area contributed by atoms with Crippen LogP contribution in [0.3, 0.4) is 0 Å². The Balaban J connectivity index is 1.88. The van der Waals surface area contributed by atoms with Crippen LogP contribution in [-0.2, 0) is 9.53 Å². The quantitative estimate of drug-likeness (QED) is 0.354. The molecule has 0 aromatic carbocycles. The van der Waals surface area contributed by atoms with Crippen molar-refractivity contribution in [1.82, 2.24) is 25.8 Å². The number of imide groups is 1. The summed E-state index contributed by atoms with van der Waals surface area (Å²) in [5, 5.41) is 8.99. The highest BCUT2D eigenvalue weighted by atomic mass is 16.6. The van der Waals surface area contributed by atoms with Crippen LogP contribution >= 0.6 is 0 Å². The monoisotopic (exact) mass is 396 g/mol. The molecule has 158 valence electrons. The van der Waals surface area contributed by atoms with Gasteiger partial charge in [0.05, 0.1) is 19.6 Å². The molecule has 0 aromatic rings. The summed E-state index contributed by atoms with van der Waals surface area (Å²) in [6, 6.07) is -0.325. The van der Waals surface area contributed by atoms with Crippen molar-refractivity contribution in [1.29, 1.82) is 0 Å². The van der Waals surface area contributed by atoms with Crippen LogP contribution in [0.2, 0.25) is 0 Å². The van der Waals surface area contributed by atoms with E-state index >= 15 is 0 Å². The molecule has 2 saturated heterocycles. The van der Waals surface area contributed by atoms with Gasteiger partial charge in [0.1, 0.15) is 5.60 Å². The molecule has 3 N–H and O–H groups in total. The number of hydrogen-bond donors (Lipinski definition) is 3. The Hall–Kier alpha value is -2.52. The van der Waals surface area contributed by atoms with Gasteiger partial charge < -0.3 is 25.6 Å². The van der Waals surface area contributed by atoms with Gasteiger partial charge in [-0.05, 0) is 40.5 Å². The number of piperidine rings is 1. The minimum Gasteiger partial charge on any atom is -0.444 e. The lowest BCUT2D eigenvalue weighted by Crippen LogP contribution is -2.53. The van der Waals surface area contributed by atoms with Crippen LogP contribution in [0.5, 0.6) is 0 Å². The van der Waals surface area contributed by atoms with Gasteiger partial charge in [-0.2, -0.15) is 0 Å². The van der Waals surface area contributed by atoms with Crippen LogP contribution < -0.4 is 16.0 Å². The van der Waals surface area contributed by atoms with E-state index < -0.39 is 5.60 Å². The van der Waals surface area contributed by atoms with Crippen molar-refractivity contribution in [2.24, 2.45) is 4.99 Å². The lowest BCUT2D eigenvalue weighted by Gasteiger charge is -2.35. The summed E-state index contributed by atoms with van der Waals surface area (Å²) < 4.78 is 5.46. The fourth-order valence-electron chi connectivity index (χ4n) is 3.04. The van der Waals surface area contributed by atoms with Crippen LogP contribution in [0.15, 0.2) is 4.99 Å². The van der Waals surface area contributed by atoms with Crippen LogP contribution in [0.25, 0.3) is 0 Å². The van der Waals surface area contributed by atoms with Crippen molar-refractivity contribution in [3.8, 4) is 0 Å². The summed E-state index contributed by atoms with van der Waals surface area (Å²) in [6.45, 7) is 9.99. The van der Waals surface area contributed by atoms with Gasteiger partial charge in [-0.15, -0.1) is 0 Å². The maximum Gasteiger partial charge on any atom is 0.410 e. The number of carbonyl (C=O) groups is 3. The van der Waals surface area contributed by atoms with Crippen molar-refractivity contribution in [3.05, 3.63) is 0 Å². The zero-order chi connectivity index (χ0) is 20.7. The largest absolute Gasteiger partial charge is 0.444 e. The minimum absolute atomic E-state index is 0.0451. The van der Waals surface area contributed by atoms with Gasteiger partial charge in [0.15, 0.2) is 5.96 Å². The number of guanidine groups is 1. The molecule has 1 unspecified atom stereocenters. The molecule has 0 aromatic heterocycles. The second-order valence-electron chi connectivity index (χ2n) is 7.87. The number of amides is 4. The number of aliphatic imine (C=N–C) groups is 1. The molecule has 10 heteroatoms. The number of ether oxygens (including phenoxy) is 1. The van der Waals surface area contributed by atoms with Crippen molar-refractivity contribution in [2.75, 3.05) is 39.3 Å². The van der Waals surface area contributed by atoms with E-state index in [2.05, 4.69) is 20.9 Å². The lowest BCUT2D eigenvalue weighted by molar-refractivity contribution is -0.124. The Morgan fingerprint density at radius 2 is 2.11 bits per heavy atom. The zero-order valence-corrected chi connectivity index (χ0v) is 17.2. The molecule has 2 heterocycles. The van der Waals surface area contributed by atoms with Gasteiger partial charge in [-0.1, -0.05) is 0 Å². The predicted molar refractivity (Wildman–Crippen MR) is 105 cm³/mol. The second kappa shape index (κ2) is 9.61.